The van der Waals surface area contributed by atoms with Crippen LogP contribution in [0, 0.1) is 26.3 Å². The van der Waals surface area contributed by atoms with Crippen LogP contribution >= 0.6 is 0 Å². The number of benzene rings is 1. The van der Waals surface area contributed by atoms with E-state index in [-0.39, 0.29) is 11.4 Å². The predicted molar refractivity (Wildman–Crippen MR) is 81.1 cm³/mol. The van der Waals surface area contributed by atoms with E-state index in [1.54, 1.807) is 24.3 Å². The van der Waals surface area contributed by atoms with E-state index in [0.717, 1.165) is 15.6 Å². The molecule has 0 bridgehead atoms. The van der Waals surface area contributed by atoms with Crippen LogP contribution in [0.4, 0.5) is 0 Å². The Hall–Kier alpha value is -2.19. The van der Waals surface area contributed by atoms with Crippen molar-refractivity contribution in [2.24, 2.45) is 0 Å². The van der Waals surface area contributed by atoms with Gasteiger partial charge in [-0.3, -0.25) is 0 Å². The number of furan rings is 1. The van der Waals surface area contributed by atoms with Crippen LogP contribution < -0.4 is 0 Å². The fourth-order valence-electron chi connectivity index (χ4n) is 1.92. The van der Waals surface area contributed by atoms with E-state index >= 15 is 0 Å². The van der Waals surface area contributed by atoms with Crippen molar-refractivity contribution in [3.05, 3.63) is 53.5 Å². The van der Waals surface area contributed by atoms with Crippen molar-refractivity contribution in [3.8, 4) is 12.5 Å². The van der Waals surface area contributed by atoms with Crippen LogP contribution in [0.15, 0.2) is 45.7 Å². The summed E-state index contributed by atoms with van der Waals surface area (Å²) in [5, 5.41) is 0. The van der Waals surface area contributed by atoms with Crippen molar-refractivity contribution in [1.29, 1.82) is 0 Å². The molecular weight excluding hydrogens is 286 g/mol. The van der Waals surface area contributed by atoms with Gasteiger partial charge in [-0.05, 0) is 38.1 Å². The first-order valence-electron chi connectivity index (χ1n) is 6.54. The highest BCUT2D eigenvalue weighted by atomic mass is 32.2. The molecule has 1 aromatic carbocycles. The molecule has 0 saturated carbocycles. The van der Waals surface area contributed by atoms with Gasteiger partial charge in [0.05, 0.1) is 4.90 Å². The summed E-state index contributed by atoms with van der Waals surface area (Å²) < 4.78 is 31.3. The van der Waals surface area contributed by atoms with Gasteiger partial charge in [0, 0.05) is 19.0 Å². The molecule has 2 aromatic rings. The van der Waals surface area contributed by atoms with E-state index in [2.05, 4.69) is 6.04 Å². The molecule has 0 N–H and O–H groups in total. The molecule has 2 rings (SSSR count). The third kappa shape index (κ3) is 3.47. The quantitative estimate of drug-likeness (QED) is 0.630. The lowest BCUT2D eigenvalue weighted by atomic mass is 10.2. The summed E-state index contributed by atoms with van der Waals surface area (Å²) in [7, 11) is -3.68. The van der Waals surface area contributed by atoms with Gasteiger partial charge in [0.1, 0.15) is 11.5 Å². The van der Waals surface area contributed by atoms with Crippen molar-refractivity contribution >= 4 is 10.0 Å². The van der Waals surface area contributed by atoms with Gasteiger partial charge in [0.25, 0.3) is 10.0 Å². The average molecular weight is 303 g/mol. The molecule has 0 atom stereocenters. The second kappa shape index (κ2) is 6.06. The summed E-state index contributed by atoms with van der Waals surface area (Å²) in [6.07, 6.45) is 5.80. The topological polar surface area (TPSA) is 50.5 Å². The Balaban J connectivity index is 2.16. The van der Waals surface area contributed by atoms with E-state index < -0.39 is 10.0 Å². The van der Waals surface area contributed by atoms with Gasteiger partial charge in [-0.15, -0.1) is 0 Å². The first-order valence-corrected chi connectivity index (χ1v) is 7.98. The molecule has 0 spiro atoms. The van der Waals surface area contributed by atoms with Crippen LogP contribution in [0.25, 0.3) is 0 Å². The number of rotatable bonds is 5. The van der Waals surface area contributed by atoms with E-state index in [1.165, 1.54) is 0 Å². The van der Waals surface area contributed by atoms with Gasteiger partial charge in [-0.2, -0.15) is 0 Å². The normalized spacial score (nSPS) is 11.1. The van der Waals surface area contributed by atoms with Gasteiger partial charge < -0.3 is 4.42 Å². The molecule has 0 aliphatic heterocycles. The van der Waals surface area contributed by atoms with Gasteiger partial charge in [0.15, 0.2) is 0 Å². The summed E-state index contributed by atoms with van der Waals surface area (Å²) in [6.45, 7) is 3.92. The fourth-order valence-corrected chi connectivity index (χ4v) is 3.13. The van der Waals surface area contributed by atoms with Crippen LogP contribution in [0.5, 0.6) is 0 Å². The Kier molecular flexibility index (Phi) is 4.39. The fraction of sp³-hybridized carbons (Fsp3) is 0.250. The summed E-state index contributed by atoms with van der Waals surface area (Å²) in [6, 6.07) is 12.5. The monoisotopic (exact) mass is 303 g/mol. The van der Waals surface area contributed by atoms with Crippen LogP contribution in [-0.2, 0) is 16.4 Å². The van der Waals surface area contributed by atoms with E-state index in [0.29, 0.717) is 12.2 Å². The zero-order valence-electron chi connectivity index (χ0n) is 12.0. The third-order valence-electron chi connectivity index (χ3n) is 3.11. The van der Waals surface area contributed by atoms with E-state index in [9.17, 15) is 8.42 Å². The predicted octanol–water partition coefficient (Wildman–Crippen LogP) is 2.72. The molecule has 5 heteroatoms. The van der Waals surface area contributed by atoms with Crippen molar-refractivity contribution in [2.75, 3.05) is 6.54 Å². The number of aryl methyl sites for hydroxylation is 2. The van der Waals surface area contributed by atoms with Gasteiger partial charge in [-0.25, -0.2) is 12.7 Å². The van der Waals surface area contributed by atoms with E-state index in [4.69, 9.17) is 10.8 Å². The molecule has 0 aliphatic carbocycles. The maximum atomic E-state index is 12.5. The lowest BCUT2D eigenvalue weighted by Crippen LogP contribution is -2.28. The molecule has 0 radical (unpaired) electrons. The number of nitrogens with zero attached hydrogens (tertiary/aromatic N) is 1. The van der Waals surface area contributed by atoms with Crippen LogP contribution in [0.2, 0.25) is 0 Å². The maximum Gasteiger partial charge on any atom is 0.270 e. The second-order valence-corrected chi connectivity index (χ2v) is 6.64. The Morgan fingerprint density at radius 3 is 2.33 bits per heavy atom. The summed E-state index contributed by atoms with van der Waals surface area (Å²) in [5.41, 5.74) is 0.993. The molecule has 4 nitrogen and oxygen atoms in total. The Labute approximate surface area is 125 Å². The first kappa shape index (κ1) is 15.2. The van der Waals surface area contributed by atoms with Gasteiger partial charge in [-0.1, -0.05) is 24.1 Å². The van der Waals surface area contributed by atoms with Crippen molar-refractivity contribution in [2.45, 2.75) is 25.2 Å². The Bertz CT molecular complexity index is 752. The number of hydrogen-bond donors (Lipinski definition) is 0. The maximum absolute atomic E-state index is 12.5. The van der Waals surface area contributed by atoms with E-state index in [1.807, 2.05) is 26.0 Å². The zero-order valence-corrected chi connectivity index (χ0v) is 12.9. The molecule has 21 heavy (non-hydrogen) atoms. The molecular formula is C16H17NO3S. The van der Waals surface area contributed by atoms with Crippen molar-refractivity contribution in [1.82, 2.24) is 4.31 Å². The minimum Gasteiger partial charge on any atom is -0.466 e. The molecule has 0 saturated heterocycles. The number of terminal acetylenes is 1. The highest BCUT2D eigenvalue weighted by Gasteiger charge is 2.21. The number of sulfonamides is 1. The Morgan fingerprint density at radius 1 is 1.14 bits per heavy atom. The zero-order chi connectivity index (χ0) is 15.5. The molecule has 110 valence electrons. The summed E-state index contributed by atoms with van der Waals surface area (Å²) >= 11 is 0. The summed E-state index contributed by atoms with van der Waals surface area (Å²) in [5.74, 6) is 1.51. The minimum absolute atomic E-state index is 0.180. The minimum atomic E-state index is -3.68. The number of hydrogen-bond acceptors (Lipinski definition) is 3. The van der Waals surface area contributed by atoms with Crippen LogP contribution in [-0.4, -0.2) is 19.3 Å². The molecule has 1 heterocycles. The lowest BCUT2D eigenvalue weighted by Gasteiger charge is -2.17. The second-order valence-electron chi connectivity index (χ2n) is 4.78. The first-order chi connectivity index (χ1) is 9.93. The standard InChI is InChI=1S/C16H17NO3S/c1-4-17(12-11-15-8-7-14(3)20-15)21(18,19)16-9-5-13(2)6-10-16/h1,5-10H,11-12H2,2-3H3. The molecule has 0 unspecified atom stereocenters. The lowest BCUT2D eigenvalue weighted by molar-refractivity contribution is 0.455. The largest absolute Gasteiger partial charge is 0.466 e. The van der Waals surface area contributed by atoms with Crippen molar-refractivity contribution in [3.63, 3.8) is 0 Å². The third-order valence-corrected chi connectivity index (χ3v) is 4.85. The van der Waals surface area contributed by atoms with Crippen LogP contribution in [0.1, 0.15) is 17.1 Å². The SMILES string of the molecule is C#CN(CCc1ccc(C)o1)S(=O)(=O)c1ccc(C)cc1. The Morgan fingerprint density at radius 2 is 1.81 bits per heavy atom. The average Bonchev–Trinajstić information content (AvgIpc) is 2.85. The van der Waals surface area contributed by atoms with Crippen LogP contribution in [0.3, 0.4) is 0 Å². The van der Waals surface area contributed by atoms with Gasteiger partial charge >= 0.3 is 0 Å². The molecule has 0 fully saturated rings. The molecule has 1 aromatic heterocycles. The van der Waals surface area contributed by atoms with Gasteiger partial charge in [0.2, 0.25) is 0 Å². The smallest absolute Gasteiger partial charge is 0.270 e. The summed E-state index contributed by atoms with van der Waals surface area (Å²) in [4.78, 5) is 0.196. The highest BCUT2D eigenvalue weighted by Crippen LogP contribution is 2.17. The van der Waals surface area contributed by atoms with Crippen molar-refractivity contribution < 1.29 is 12.8 Å². The highest BCUT2D eigenvalue weighted by molar-refractivity contribution is 7.89. The molecule has 0 aliphatic rings. The molecule has 0 amide bonds.